The average molecular weight is 236 g/mol. The number of carbonyl (C=O) groups is 1. The van der Waals surface area contributed by atoms with Crippen LogP contribution in [0.4, 0.5) is 0 Å². The molecule has 0 saturated heterocycles. The molecular weight excluding hydrogens is 216 g/mol. The molecule has 5 nitrogen and oxygen atoms in total. The van der Waals surface area contributed by atoms with Crippen LogP contribution in [0, 0.1) is 6.92 Å². The van der Waals surface area contributed by atoms with Crippen LogP contribution in [0.15, 0.2) is 6.20 Å². The quantitative estimate of drug-likeness (QED) is 0.795. The van der Waals surface area contributed by atoms with Crippen molar-refractivity contribution < 1.29 is 4.79 Å². The lowest BCUT2D eigenvalue weighted by atomic mass is 9.91. The molecule has 1 aliphatic carbocycles. The molecule has 94 valence electrons. The number of aromatic nitrogens is 2. The Morgan fingerprint density at radius 1 is 1.53 bits per heavy atom. The van der Waals surface area contributed by atoms with Crippen LogP contribution < -0.4 is 11.1 Å². The number of amides is 1. The van der Waals surface area contributed by atoms with Crippen molar-refractivity contribution in [3.63, 3.8) is 0 Å². The summed E-state index contributed by atoms with van der Waals surface area (Å²) in [6.07, 6.45) is 5.90. The zero-order valence-electron chi connectivity index (χ0n) is 10.4. The van der Waals surface area contributed by atoms with Gasteiger partial charge in [-0.05, 0) is 19.8 Å². The highest BCUT2D eigenvalue weighted by Gasteiger charge is 2.24. The molecule has 0 radical (unpaired) electrons. The Morgan fingerprint density at radius 3 is 2.82 bits per heavy atom. The molecule has 3 N–H and O–H groups in total. The SMILES string of the molecule is Cc1c(C(=O)NC2CCCCC2N)cnn1C. The fraction of sp³-hybridized carbons (Fsp3) is 0.667. The van der Waals surface area contributed by atoms with E-state index in [0.717, 1.165) is 25.0 Å². The lowest BCUT2D eigenvalue weighted by Crippen LogP contribution is -2.49. The summed E-state index contributed by atoms with van der Waals surface area (Å²) in [7, 11) is 1.83. The molecule has 1 aromatic rings. The molecule has 0 aromatic carbocycles. The van der Waals surface area contributed by atoms with E-state index in [9.17, 15) is 4.79 Å². The van der Waals surface area contributed by atoms with E-state index >= 15 is 0 Å². The number of hydrogen-bond donors (Lipinski definition) is 2. The minimum absolute atomic E-state index is 0.0575. The third kappa shape index (κ3) is 2.49. The minimum Gasteiger partial charge on any atom is -0.348 e. The summed E-state index contributed by atoms with van der Waals surface area (Å²) in [5.74, 6) is -0.0575. The molecule has 2 atom stereocenters. The van der Waals surface area contributed by atoms with Gasteiger partial charge >= 0.3 is 0 Å². The molecule has 0 aliphatic heterocycles. The van der Waals surface area contributed by atoms with E-state index in [1.54, 1.807) is 10.9 Å². The number of hydrogen-bond acceptors (Lipinski definition) is 3. The normalized spacial score (nSPS) is 24.6. The zero-order chi connectivity index (χ0) is 12.4. The molecule has 0 spiro atoms. The lowest BCUT2D eigenvalue weighted by molar-refractivity contribution is 0.0920. The standard InChI is InChI=1S/C12H20N4O/c1-8-9(7-14-16(8)2)12(17)15-11-6-4-3-5-10(11)13/h7,10-11H,3-6,13H2,1-2H3,(H,15,17). The molecule has 1 amide bonds. The second kappa shape index (κ2) is 4.87. The fourth-order valence-electron chi connectivity index (χ4n) is 2.31. The van der Waals surface area contributed by atoms with Gasteiger partial charge in [-0.2, -0.15) is 5.10 Å². The molecule has 2 rings (SSSR count). The Morgan fingerprint density at radius 2 is 2.24 bits per heavy atom. The first-order valence-corrected chi connectivity index (χ1v) is 6.14. The smallest absolute Gasteiger partial charge is 0.255 e. The predicted molar refractivity (Wildman–Crippen MR) is 65.6 cm³/mol. The van der Waals surface area contributed by atoms with E-state index in [1.807, 2.05) is 14.0 Å². The molecule has 5 heteroatoms. The van der Waals surface area contributed by atoms with E-state index in [-0.39, 0.29) is 18.0 Å². The number of nitrogens with two attached hydrogens (primary N) is 1. The van der Waals surface area contributed by atoms with Gasteiger partial charge in [-0.15, -0.1) is 0 Å². The molecular formula is C12H20N4O. The summed E-state index contributed by atoms with van der Waals surface area (Å²) in [5, 5.41) is 7.10. The van der Waals surface area contributed by atoms with Crippen LogP contribution in [0.25, 0.3) is 0 Å². The minimum atomic E-state index is -0.0575. The first kappa shape index (κ1) is 12.1. The van der Waals surface area contributed by atoms with Crippen molar-refractivity contribution in [3.05, 3.63) is 17.5 Å². The van der Waals surface area contributed by atoms with Gasteiger partial charge in [-0.25, -0.2) is 0 Å². The first-order valence-electron chi connectivity index (χ1n) is 6.14. The summed E-state index contributed by atoms with van der Waals surface area (Å²) in [4.78, 5) is 12.1. The van der Waals surface area contributed by atoms with E-state index in [0.29, 0.717) is 5.56 Å². The van der Waals surface area contributed by atoms with Crippen LogP contribution in [-0.2, 0) is 7.05 Å². The molecule has 1 heterocycles. The van der Waals surface area contributed by atoms with Gasteiger partial charge in [0, 0.05) is 24.8 Å². The second-order valence-corrected chi connectivity index (χ2v) is 4.80. The summed E-state index contributed by atoms with van der Waals surface area (Å²) < 4.78 is 1.70. The molecule has 1 aliphatic rings. The van der Waals surface area contributed by atoms with Gasteiger partial charge in [-0.1, -0.05) is 12.8 Å². The van der Waals surface area contributed by atoms with Crippen LogP contribution in [0.1, 0.15) is 41.7 Å². The van der Waals surface area contributed by atoms with E-state index in [1.165, 1.54) is 6.42 Å². The highest BCUT2D eigenvalue weighted by atomic mass is 16.1. The lowest BCUT2D eigenvalue weighted by Gasteiger charge is -2.29. The molecule has 0 bridgehead atoms. The summed E-state index contributed by atoms with van der Waals surface area (Å²) in [5.41, 5.74) is 7.54. The summed E-state index contributed by atoms with van der Waals surface area (Å²) in [6.45, 7) is 1.89. The van der Waals surface area contributed by atoms with Gasteiger partial charge in [0.25, 0.3) is 5.91 Å². The van der Waals surface area contributed by atoms with Crippen LogP contribution in [0.5, 0.6) is 0 Å². The monoisotopic (exact) mass is 236 g/mol. The zero-order valence-corrected chi connectivity index (χ0v) is 10.4. The van der Waals surface area contributed by atoms with Crippen LogP contribution >= 0.6 is 0 Å². The third-order valence-electron chi connectivity index (χ3n) is 3.62. The Hall–Kier alpha value is -1.36. The fourth-order valence-corrected chi connectivity index (χ4v) is 2.31. The maximum Gasteiger partial charge on any atom is 0.255 e. The maximum absolute atomic E-state index is 12.1. The summed E-state index contributed by atoms with van der Waals surface area (Å²) in [6, 6.07) is 0.195. The number of rotatable bonds is 2. The van der Waals surface area contributed by atoms with Crippen molar-refractivity contribution in [2.75, 3.05) is 0 Å². The predicted octanol–water partition coefficient (Wildman–Crippen LogP) is 0.728. The van der Waals surface area contributed by atoms with E-state index < -0.39 is 0 Å². The Labute approximate surface area is 101 Å². The van der Waals surface area contributed by atoms with Crippen LogP contribution in [-0.4, -0.2) is 27.8 Å². The van der Waals surface area contributed by atoms with Crippen molar-refractivity contribution in [1.29, 1.82) is 0 Å². The number of nitrogens with one attached hydrogen (secondary N) is 1. The third-order valence-corrected chi connectivity index (χ3v) is 3.62. The number of aryl methyl sites for hydroxylation is 1. The van der Waals surface area contributed by atoms with E-state index in [4.69, 9.17) is 5.73 Å². The molecule has 17 heavy (non-hydrogen) atoms. The number of carbonyl (C=O) groups excluding carboxylic acids is 1. The van der Waals surface area contributed by atoms with Crippen molar-refractivity contribution in [2.45, 2.75) is 44.7 Å². The second-order valence-electron chi connectivity index (χ2n) is 4.80. The van der Waals surface area contributed by atoms with Crippen LogP contribution in [0.3, 0.4) is 0 Å². The van der Waals surface area contributed by atoms with Gasteiger partial charge < -0.3 is 11.1 Å². The average Bonchev–Trinajstić information content (AvgIpc) is 2.63. The van der Waals surface area contributed by atoms with Gasteiger partial charge in [0.15, 0.2) is 0 Å². The van der Waals surface area contributed by atoms with E-state index in [2.05, 4.69) is 10.4 Å². The van der Waals surface area contributed by atoms with Gasteiger partial charge in [0.1, 0.15) is 0 Å². The molecule has 2 unspecified atom stereocenters. The molecule has 1 saturated carbocycles. The largest absolute Gasteiger partial charge is 0.348 e. The Balaban J connectivity index is 2.03. The highest BCUT2D eigenvalue weighted by Crippen LogP contribution is 2.17. The molecule has 1 aromatic heterocycles. The topological polar surface area (TPSA) is 72.9 Å². The van der Waals surface area contributed by atoms with Crippen molar-refractivity contribution in [2.24, 2.45) is 12.8 Å². The van der Waals surface area contributed by atoms with Crippen molar-refractivity contribution in [3.8, 4) is 0 Å². The van der Waals surface area contributed by atoms with Crippen LogP contribution in [0.2, 0.25) is 0 Å². The Bertz CT molecular complexity index is 413. The molecule has 1 fully saturated rings. The number of nitrogens with zero attached hydrogens (tertiary/aromatic N) is 2. The van der Waals surface area contributed by atoms with Gasteiger partial charge in [0.2, 0.25) is 0 Å². The Kier molecular flexibility index (Phi) is 3.47. The highest BCUT2D eigenvalue weighted by molar-refractivity contribution is 5.95. The van der Waals surface area contributed by atoms with Gasteiger partial charge in [0.05, 0.1) is 11.8 Å². The van der Waals surface area contributed by atoms with Gasteiger partial charge in [-0.3, -0.25) is 9.48 Å². The van der Waals surface area contributed by atoms with Crippen molar-refractivity contribution >= 4 is 5.91 Å². The maximum atomic E-state index is 12.1. The van der Waals surface area contributed by atoms with Crippen molar-refractivity contribution in [1.82, 2.24) is 15.1 Å². The first-order chi connectivity index (χ1) is 8.09. The summed E-state index contributed by atoms with van der Waals surface area (Å²) >= 11 is 0.